The summed E-state index contributed by atoms with van der Waals surface area (Å²) in [6.45, 7) is 1.91. The predicted octanol–water partition coefficient (Wildman–Crippen LogP) is 1.58. The molecule has 1 aliphatic rings. The Kier molecular flexibility index (Phi) is 4.04. The smallest absolute Gasteiger partial charge is 0.240 e. The van der Waals surface area contributed by atoms with Gasteiger partial charge in [0.15, 0.2) is 0 Å². The van der Waals surface area contributed by atoms with Crippen molar-refractivity contribution >= 4 is 10.0 Å². The normalized spacial score (nSPS) is 25.0. The molecule has 1 aliphatic carbocycles. The average Bonchev–Trinajstić information content (AvgIpc) is 2.32. The van der Waals surface area contributed by atoms with Crippen LogP contribution in [0.2, 0.25) is 0 Å². The molecule has 0 heterocycles. The van der Waals surface area contributed by atoms with Crippen molar-refractivity contribution in [1.29, 1.82) is 0 Å². The minimum Gasteiger partial charge on any atom is -0.391 e. The number of aryl methyl sites for hydroxylation is 1. The van der Waals surface area contributed by atoms with E-state index in [4.69, 9.17) is 0 Å². The molecule has 4 nitrogen and oxygen atoms in total. The molecule has 0 saturated heterocycles. The van der Waals surface area contributed by atoms with E-state index in [1.54, 1.807) is 24.3 Å². The van der Waals surface area contributed by atoms with Crippen molar-refractivity contribution in [3.8, 4) is 0 Å². The van der Waals surface area contributed by atoms with E-state index in [1.165, 1.54) is 0 Å². The maximum atomic E-state index is 12.1. The molecule has 2 atom stereocenters. The second kappa shape index (κ2) is 5.38. The van der Waals surface area contributed by atoms with Gasteiger partial charge in [-0.15, -0.1) is 0 Å². The molecule has 2 N–H and O–H groups in total. The number of rotatable bonds is 3. The van der Waals surface area contributed by atoms with Crippen LogP contribution in [0.5, 0.6) is 0 Å². The Morgan fingerprint density at radius 3 is 2.39 bits per heavy atom. The van der Waals surface area contributed by atoms with Crippen LogP contribution in [0, 0.1) is 6.92 Å². The maximum Gasteiger partial charge on any atom is 0.240 e. The van der Waals surface area contributed by atoms with Crippen molar-refractivity contribution in [3.05, 3.63) is 29.8 Å². The first kappa shape index (κ1) is 13.5. The lowest BCUT2D eigenvalue weighted by Crippen LogP contribution is -2.44. The van der Waals surface area contributed by atoms with Crippen LogP contribution in [-0.4, -0.2) is 25.7 Å². The molecular weight excluding hydrogens is 250 g/mol. The van der Waals surface area contributed by atoms with Gasteiger partial charge in [-0.1, -0.05) is 30.5 Å². The van der Waals surface area contributed by atoms with E-state index in [1.807, 2.05) is 6.92 Å². The van der Waals surface area contributed by atoms with Crippen molar-refractivity contribution < 1.29 is 13.5 Å². The van der Waals surface area contributed by atoms with Crippen LogP contribution in [0.25, 0.3) is 0 Å². The van der Waals surface area contributed by atoms with Crippen LogP contribution in [0.15, 0.2) is 29.2 Å². The molecule has 0 unspecified atom stereocenters. The minimum atomic E-state index is -3.52. The van der Waals surface area contributed by atoms with Crippen molar-refractivity contribution in [1.82, 2.24) is 4.72 Å². The number of hydrogen-bond donors (Lipinski definition) is 2. The molecule has 1 saturated carbocycles. The van der Waals surface area contributed by atoms with Gasteiger partial charge in [-0.25, -0.2) is 13.1 Å². The Morgan fingerprint density at radius 2 is 1.78 bits per heavy atom. The molecule has 2 rings (SSSR count). The molecule has 18 heavy (non-hydrogen) atoms. The molecule has 0 bridgehead atoms. The molecule has 1 aromatic carbocycles. The predicted molar refractivity (Wildman–Crippen MR) is 69.8 cm³/mol. The van der Waals surface area contributed by atoms with Gasteiger partial charge in [0.05, 0.1) is 11.0 Å². The summed E-state index contributed by atoms with van der Waals surface area (Å²) in [7, 11) is -3.52. The summed E-state index contributed by atoms with van der Waals surface area (Å²) in [6.07, 6.45) is 2.72. The highest BCUT2D eigenvalue weighted by molar-refractivity contribution is 7.89. The Hall–Kier alpha value is -0.910. The number of hydrogen-bond acceptors (Lipinski definition) is 3. The largest absolute Gasteiger partial charge is 0.391 e. The van der Waals surface area contributed by atoms with Gasteiger partial charge in [-0.05, 0) is 31.9 Å². The lowest BCUT2D eigenvalue weighted by Gasteiger charge is -2.28. The number of aliphatic hydroxyl groups excluding tert-OH is 1. The maximum absolute atomic E-state index is 12.1. The van der Waals surface area contributed by atoms with E-state index in [-0.39, 0.29) is 10.9 Å². The lowest BCUT2D eigenvalue weighted by atomic mass is 9.93. The third kappa shape index (κ3) is 3.10. The van der Waals surface area contributed by atoms with Gasteiger partial charge < -0.3 is 5.11 Å². The van der Waals surface area contributed by atoms with E-state index >= 15 is 0 Å². The highest BCUT2D eigenvalue weighted by Gasteiger charge is 2.27. The van der Waals surface area contributed by atoms with Gasteiger partial charge in [0.2, 0.25) is 10.0 Å². The standard InChI is InChI=1S/C13H19NO3S/c1-10-6-8-11(9-7-10)18(16,17)14-12-4-2-3-5-13(12)15/h6-9,12-15H,2-5H2,1H3/t12-,13+/m1/s1. The molecule has 1 fully saturated rings. The van der Waals surface area contributed by atoms with E-state index in [2.05, 4.69) is 4.72 Å². The molecule has 5 heteroatoms. The van der Waals surface area contributed by atoms with Crippen molar-refractivity contribution in [2.75, 3.05) is 0 Å². The first-order valence-corrected chi connectivity index (χ1v) is 7.74. The van der Waals surface area contributed by atoms with E-state index in [9.17, 15) is 13.5 Å². The van der Waals surface area contributed by atoms with Gasteiger partial charge in [0, 0.05) is 6.04 Å². The SMILES string of the molecule is Cc1ccc(S(=O)(=O)N[C@@H]2CCCC[C@@H]2O)cc1. The first-order valence-electron chi connectivity index (χ1n) is 6.26. The first-order chi connectivity index (χ1) is 8.49. The van der Waals surface area contributed by atoms with E-state index in [0.29, 0.717) is 12.8 Å². The van der Waals surface area contributed by atoms with Crippen molar-refractivity contribution in [2.24, 2.45) is 0 Å². The summed E-state index contributed by atoms with van der Waals surface area (Å²) in [5, 5.41) is 9.80. The molecule has 0 amide bonds. The second-order valence-electron chi connectivity index (χ2n) is 4.89. The fourth-order valence-electron chi connectivity index (χ4n) is 2.23. The highest BCUT2D eigenvalue weighted by atomic mass is 32.2. The summed E-state index contributed by atoms with van der Waals surface area (Å²) in [4.78, 5) is 0.255. The Bertz CT molecular complexity index is 495. The van der Waals surface area contributed by atoms with Gasteiger partial charge >= 0.3 is 0 Å². The zero-order chi connectivity index (χ0) is 13.2. The van der Waals surface area contributed by atoms with Crippen LogP contribution >= 0.6 is 0 Å². The topological polar surface area (TPSA) is 66.4 Å². The van der Waals surface area contributed by atoms with Crippen LogP contribution in [0.1, 0.15) is 31.2 Å². The number of aliphatic hydroxyl groups is 1. The Balaban J connectivity index is 2.13. The van der Waals surface area contributed by atoms with Crippen LogP contribution < -0.4 is 4.72 Å². The van der Waals surface area contributed by atoms with Gasteiger partial charge in [0.25, 0.3) is 0 Å². The summed E-state index contributed by atoms with van der Waals surface area (Å²) < 4.78 is 26.9. The third-order valence-electron chi connectivity index (χ3n) is 3.37. The van der Waals surface area contributed by atoms with E-state index < -0.39 is 16.1 Å². The van der Waals surface area contributed by atoms with Crippen LogP contribution in [-0.2, 0) is 10.0 Å². The highest BCUT2D eigenvalue weighted by Crippen LogP contribution is 2.20. The summed E-state index contributed by atoms with van der Waals surface area (Å²) >= 11 is 0. The number of sulfonamides is 1. The van der Waals surface area contributed by atoms with Gasteiger partial charge in [0.1, 0.15) is 0 Å². The Morgan fingerprint density at radius 1 is 1.17 bits per heavy atom. The monoisotopic (exact) mass is 269 g/mol. The van der Waals surface area contributed by atoms with Gasteiger partial charge in [-0.2, -0.15) is 0 Å². The molecular formula is C13H19NO3S. The Labute approximate surface area is 108 Å². The minimum absolute atomic E-state index is 0.255. The summed E-state index contributed by atoms with van der Waals surface area (Å²) in [6, 6.07) is 6.36. The lowest BCUT2D eigenvalue weighted by molar-refractivity contribution is 0.101. The number of nitrogens with one attached hydrogen (secondary N) is 1. The zero-order valence-electron chi connectivity index (χ0n) is 10.5. The molecule has 0 radical (unpaired) electrons. The molecule has 0 spiro atoms. The fraction of sp³-hybridized carbons (Fsp3) is 0.538. The quantitative estimate of drug-likeness (QED) is 0.875. The zero-order valence-corrected chi connectivity index (χ0v) is 11.3. The third-order valence-corrected chi connectivity index (χ3v) is 4.87. The van der Waals surface area contributed by atoms with Crippen molar-refractivity contribution in [3.63, 3.8) is 0 Å². The van der Waals surface area contributed by atoms with Gasteiger partial charge in [-0.3, -0.25) is 0 Å². The second-order valence-corrected chi connectivity index (χ2v) is 6.61. The molecule has 100 valence electrons. The average molecular weight is 269 g/mol. The van der Waals surface area contributed by atoms with Crippen molar-refractivity contribution in [2.45, 2.75) is 49.6 Å². The number of benzene rings is 1. The molecule has 0 aliphatic heterocycles. The summed E-state index contributed by atoms with van der Waals surface area (Å²) in [5.74, 6) is 0. The van der Waals surface area contributed by atoms with Crippen LogP contribution in [0.4, 0.5) is 0 Å². The summed E-state index contributed by atoms with van der Waals surface area (Å²) in [5.41, 5.74) is 1.02. The molecule has 1 aromatic rings. The fourth-order valence-corrected chi connectivity index (χ4v) is 3.54. The molecule has 0 aromatic heterocycles. The van der Waals surface area contributed by atoms with Crippen LogP contribution in [0.3, 0.4) is 0 Å². The van der Waals surface area contributed by atoms with E-state index in [0.717, 1.165) is 18.4 Å².